The Morgan fingerprint density at radius 3 is 2.38 bits per heavy atom. The van der Waals surface area contributed by atoms with Gasteiger partial charge < -0.3 is 10.1 Å². The number of carbonyl (C=O) groups is 2. The maximum Gasteiger partial charge on any atom is 0.310 e. The van der Waals surface area contributed by atoms with Crippen LogP contribution >= 0.6 is 11.6 Å². The Morgan fingerprint density at radius 2 is 1.75 bits per heavy atom. The number of carbonyl (C=O) groups excluding carboxylic acids is 2. The lowest BCUT2D eigenvalue weighted by Gasteiger charge is -2.08. The summed E-state index contributed by atoms with van der Waals surface area (Å²) in [5.74, 6) is -4.07. The van der Waals surface area contributed by atoms with Gasteiger partial charge in [-0.1, -0.05) is 17.7 Å². The van der Waals surface area contributed by atoms with Crippen molar-refractivity contribution in [3.8, 4) is 0 Å². The molecular weight excluding hydrogens is 347 g/mol. The van der Waals surface area contributed by atoms with Crippen molar-refractivity contribution in [1.29, 1.82) is 0 Å². The molecule has 2 rings (SSSR count). The van der Waals surface area contributed by atoms with Crippen molar-refractivity contribution in [3.63, 3.8) is 0 Å². The van der Waals surface area contributed by atoms with Crippen molar-refractivity contribution in [2.45, 2.75) is 6.42 Å². The number of anilines is 1. The number of benzene rings is 2. The van der Waals surface area contributed by atoms with Crippen molar-refractivity contribution in [1.82, 2.24) is 0 Å². The minimum atomic E-state index is -0.873. The van der Waals surface area contributed by atoms with E-state index < -0.39 is 42.4 Å². The summed E-state index contributed by atoms with van der Waals surface area (Å²) in [6.07, 6.45) is -0.451. The topological polar surface area (TPSA) is 55.4 Å². The Kier molecular flexibility index (Phi) is 5.81. The molecule has 0 spiro atoms. The highest BCUT2D eigenvalue weighted by atomic mass is 35.5. The number of rotatable bonds is 5. The van der Waals surface area contributed by atoms with E-state index in [1.165, 1.54) is 12.1 Å². The normalized spacial score (nSPS) is 10.3. The molecule has 0 unspecified atom stereocenters. The van der Waals surface area contributed by atoms with Gasteiger partial charge in [-0.25, -0.2) is 13.2 Å². The Bertz CT molecular complexity index is 743. The highest BCUT2D eigenvalue weighted by Crippen LogP contribution is 2.19. The molecule has 126 valence electrons. The van der Waals surface area contributed by atoms with Gasteiger partial charge in [-0.05, 0) is 24.3 Å². The fraction of sp³-hybridized carbons (Fsp3) is 0.125. The SMILES string of the molecule is O=C(COC(=O)Cc1c(F)cccc1Cl)Nc1cc(F)cc(F)c1. The van der Waals surface area contributed by atoms with Crippen molar-refractivity contribution < 1.29 is 27.5 Å². The number of nitrogens with one attached hydrogen (secondary N) is 1. The summed E-state index contributed by atoms with van der Waals surface area (Å²) in [7, 11) is 0. The molecule has 0 radical (unpaired) electrons. The molecule has 0 aliphatic heterocycles. The van der Waals surface area contributed by atoms with Gasteiger partial charge in [-0.3, -0.25) is 9.59 Å². The van der Waals surface area contributed by atoms with Gasteiger partial charge in [-0.15, -0.1) is 0 Å². The average Bonchev–Trinajstić information content (AvgIpc) is 2.48. The van der Waals surface area contributed by atoms with Crippen LogP contribution in [0, 0.1) is 17.5 Å². The van der Waals surface area contributed by atoms with Gasteiger partial charge in [0.15, 0.2) is 6.61 Å². The van der Waals surface area contributed by atoms with Crippen molar-refractivity contribution in [2.75, 3.05) is 11.9 Å². The zero-order chi connectivity index (χ0) is 17.7. The third-order valence-corrected chi connectivity index (χ3v) is 3.25. The standard InChI is InChI=1S/C16H11ClF3NO3/c17-13-2-1-3-14(20)12(13)7-16(23)24-8-15(22)21-11-5-9(18)4-10(19)6-11/h1-6H,7-8H2,(H,21,22). The van der Waals surface area contributed by atoms with Gasteiger partial charge >= 0.3 is 5.97 Å². The summed E-state index contributed by atoms with van der Waals surface area (Å²) in [6, 6.07) is 6.40. The van der Waals surface area contributed by atoms with Crippen LogP contribution in [0.1, 0.15) is 5.56 Å². The maximum absolute atomic E-state index is 13.5. The van der Waals surface area contributed by atoms with E-state index in [0.717, 1.165) is 18.2 Å². The molecule has 2 aromatic carbocycles. The predicted octanol–water partition coefficient (Wildman–Crippen LogP) is 3.48. The largest absolute Gasteiger partial charge is 0.455 e. The molecule has 8 heteroatoms. The lowest BCUT2D eigenvalue weighted by Crippen LogP contribution is -2.22. The molecule has 0 bridgehead atoms. The molecule has 0 atom stereocenters. The van der Waals surface area contributed by atoms with E-state index in [1.807, 2.05) is 0 Å². The minimum absolute atomic E-state index is 0.0447. The van der Waals surface area contributed by atoms with Crippen LogP contribution in [0.15, 0.2) is 36.4 Å². The van der Waals surface area contributed by atoms with Gasteiger partial charge in [0, 0.05) is 22.3 Å². The summed E-state index contributed by atoms with van der Waals surface area (Å²) in [5, 5.41) is 2.23. The van der Waals surface area contributed by atoms with Gasteiger partial charge in [0.05, 0.1) is 6.42 Å². The molecule has 24 heavy (non-hydrogen) atoms. The monoisotopic (exact) mass is 357 g/mol. The lowest BCUT2D eigenvalue weighted by molar-refractivity contribution is -0.146. The van der Waals surface area contributed by atoms with Crippen LogP contribution in [0.2, 0.25) is 5.02 Å². The first-order valence-electron chi connectivity index (χ1n) is 6.69. The van der Waals surface area contributed by atoms with Gasteiger partial charge in [0.2, 0.25) is 0 Å². The Morgan fingerprint density at radius 1 is 1.08 bits per heavy atom. The van der Waals surface area contributed by atoms with Crippen molar-refractivity contribution in [2.24, 2.45) is 0 Å². The minimum Gasteiger partial charge on any atom is -0.455 e. The first-order valence-corrected chi connectivity index (χ1v) is 7.07. The summed E-state index contributed by atoms with van der Waals surface area (Å²) >= 11 is 5.78. The molecule has 0 aliphatic rings. The Balaban J connectivity index is 1.88. The molecule has 0 saturated carbocycles. The first kappa shape index (κ1) is 17.8. The van der Waals surface area contributed by atoms with Crippen LogP contribution in [0.5, 0.6) is 0 Å². The fourth-order valence-electron chi connectivity index (χ4n) is 1.87. The highest BCUT2D eigenvalue weighted by Gasteiger charge is 2.14. The highest BCUT2D eigenvalue weighted by molar-refractivity contribution is 6.31. The number of hydrogen-bond acceptors (Lipinski definition) is 3. The second-order valence-electron chi connectivity index (χ2n) is 4.74. The summed E-state index contributed by atoms with van der Waals surface area (Å²) < 4.78 is 44.2. The number of ether oxygens (including phenoxy) is 1. The Labute approximate surface area is 140 Å². The van der Waals surface area contributed by atoms with Crippen LogP contribution in [-0.4, -0.2) is 18.5 Å². The second-order valence-corrected chi connectivity index (χ2v) is 5.15. The number of amides is 1. The van der Waals surface area contributed by atoms with E-state index in [0.29, 0.717) is 6.07 Å². The molecule has 0 fully saturated rings. The second kappa shape index (κ2) is 7.83. The quantitative estimate of drug-likeness (QED) is 0.833. The summed E-state index contributed by atoms with van der Waals surface area (Å²) in [5.41, 5.74) is -0.164. The van der Waals surface area contributed by atoms with E-state index in [4.69, 9.17) is 11.6 Å². The number of esters is 1. The van der Waals surface area contributed by atoms with Crippen LogP contribution in [0.3, 0.4) is 0 Å². The van der Waals surface area contributed by atoms with E-state index in [2.05, 4.69) is 10.1 Å². The smallest absolute Gasteiger partial charge is 0.310 e. The third kappa shape index (κ3) is 4.99. The van der Waals surface area contributed by atoms with Crippen LogP contribution in [0.4, 0.5) is 18.9 Å². The maximum atomic E-state index is 13.5. The van der Waals surface area contributed by atoms with E-state index in [-0.39, 0.29) is 16.3 Å². The fourth-order valence-corrected chi connectivity index (χ4v) is 2.10. The predicted molar refractivity (Wildman–Crippen MR) is 81.1 cm³/mol. The van der Waals surface area contributed by atoms with Gasteiger partial charge in [-0.2, -0.15) is 0 Å². The summed E-state index contributed by atoms with van der Waals surface area (Å²) in [4.78, 5) is 23.2. The number of hydrogen-bond donors (Lipinski definition) is 1. The molecule has 0 aliphatic carbocycles. The lowest BCUT2D eigenvalue weighted by atomic mass is 10.1. The zero-order valence-corrected chi connectivity index (χ0v) is 12.9. The molecule has 4 nitrogen and oxygen atoms in total. The van der Waals surface area contributed by atoms with Gasteiger partial charge in [0.1, 0.15) is 17.5 Å². The van der Waals surface area contributed by atoms with Crippen molar-refractivity contribution >= 4 is 29.2 Å². The van der Waals surface area contributed by atoms with Crippen LogP contribution < -0.4 is 5.32 Å². The van der Waals surface area contributed by atoms with E-state index in [1.54, 1.807) is 0 Å². The molecule has 1 amide bonds. The van der Waals surface area contributed by atoms with Crippen LogP contribution in [-0.2, 0) is 20.7 Å². The van der Waals surface area contributed by atoms with E-state index >= 15 is 0 Å². The Hall–Kier alpha value is -2.54. The first-order chi connectivity index (χ1) is 11.3. The average molecular weight is 358 g/mol. The molecule has 1 N–H and O–H groups in total. The summed E-state index contributed by atoms with van der Waals surface area (Å²) in [6.45, 7) is -0.691. The van der Waals surface area contributed by atoms with E-state index in [9.17, 15) is 22.8 Å². The molecular formula is C16H11ClF3NO3. The van der Waals surface area contributed by atoms with Crippen molar-refractivity contribution in [3.05, 3.63) is 64.4 Å². The van der Waals surface area contributed by atoms with Gasteiger partial charge in [0.25, 0.3) is 5.91 Å². The van der Waals surface area contributed by atoms with Crippen LogP contribution in [0.25, 0.3) is 0 Å². The third-order valence-electron chi connectivity index (χ3n) is 2.89. The molecule has 0 aromatic heterocycles. The molecule has 2 aromatic rings. The zero-order valence-electron chi connectivity index (χ0n) is 12.1. The molecule has 0 saturated heterocycles. The molecule has 0 heterocycles. The number of halogens is 4.